The molecule has 0 bridgehead atoms. The summed E-state index contributed by atoms with van der Waals surface area (Å²) in [7, 11) is 3.56. The van der Waals surface area contributed by atoms with Crippen molar-refractivity contribution in [1.29, 1.82) is 0 Å². The van der Waals surface area contributed by atoms with Crippen molar-refractivity contribution >= 4 is 21.8 Å². The van der Waals surface area contributed by atoms with E-state index in [4.69, 9.17) is 0 Å². The largest absolute Gasteiger partial charge is 0.591 e. The molecule has 1 unspecified atom stereocenters. The van der Waals surface area contributed by atoms with Gasteiger partial charge < -0.3 is 14.9 Å². The number of carbonyl (C=O) groups is 1. The van der Waals surface area contributed by atoms with Gasteiger partial charge in [-0.2, -0.15) is 0 Å². The number of amides is 1. The summed E-state index contributed by atoms with van der Waals surface area (Å²) in [5, 5.41) is 24.5. The Hall–Kier alpha value is -1.45. The molecule has 15 heavy (non-hydrogen) atoms. The molecule has 0 saturated heterocycles. The van der Waals surface area contributed by atoms with Crippen molar-refractivity contribution in [1.82, 2.24) is 4.90 Å². The van der Waals surface area contributed by atoms with Crippen LogP contribution in [0.3, 0.4) is 0 Å². The normalized spacial score (nSPS) is 15.3. The third-order valence-electron chi connectivity index (χ3n) is 1.33. The molecule has 0 radical (unpaired) electrons. The van der Waals surface area contributed by atoms with E-state index in [1.54, 1.807) is 0 Å². The van der Waals surface area contributed by atoms with E-state index in [-0.39, 0.29) is 0 Å². The first-order valence-corrected chi connectivity index (χ1v) is 4.34. The van der Waals surface area contributed by atoms with Gasteiger partial charge in [0.1, 0.15) is 28.0 Å². The Morgan fingerprint density at radius 1 is 1.53 bits per heavy atom. The standard InChI is InChI=1S/C5H9BrN4O5/c1-8(2)4(11)5(6,10(13)14)9(12)7-15-3/h1-3H3/b9-7-. The zero-order valence-electron chi connectivity index (χ0n) is 8.21. The van der Waals surface area contributed by atoms with E-state index in [2.05, 4.69) is 26.0 Å². The van der Waals surface area contributed by atoms with E-state index < -0.39 is 20.3 Å². The van der Waals surface area contributed by atoms with Crippen LogP contribution in [-0.4, -0.2) is 46.4 Å². The molecule has 0 saturated carbocycles. The molecule has 86 valence electrons. The maximum Gasteiger partial charge on any atom is 0.573 e. The second-order valence-electron chi connectivity index (χ2n) is 2.58. The minimum absolute atomic E-state index is 0.463. The fourth-order valence-corrected chi connectivity index (χ4v) is 1.06. The van der Waals surface area contributed by atoms with Crippen LogP contribution in [0, 0.1) is 15.3 Å². The van der Waals surface area contributed by atoms with Gasteiger partial charge in [0.25, 0.3) is 0 Å². The van der Waals surface area contributed by atoms with E-state index in [0.717, 1.165) is 12.0 Å². The molecule has 0 rings (SSSR count). The van der Waals surface area contributed by atoms with Crippen LogP contribution in [0.2, 0.25) is 0 Å². The van der Waals surface area contributed by atoms with Crippen LogP contribution < -0.4 is 0 Å². The van der Waals surface area contributed by atoms with Crippen LogP contribution in [0.1, 0.15) is 0 Å². The third kappa shape index (κ3) is 2.52. The number of hydrogen-bond donors (Lipinski definition) is 0. The van der Waals surface area contributed by atoms with Crippen molar-refractivity contribution in [2.24, 2.45) is 5.28 Å². The van der Waals surface area contributed by atoms with E-state index >= 15 is 0 Å². The van der Waals surface area contributed by atoms with Gasteiger partial charge in [-0.15, -0.1) is 0 Å². The van der Waals surface area contributed by atoms with Crippen LogP contribution in [0.25, 0.3) is 0 Å². The summed E-state index contributed by atoms with van der Waals surface area (Å²) in [5.74, 6) is -1.08. The highest BCUT2D eigenvalue weighted by atomic mass is 79.9. The lowest BCUT2D eigenvalue weighted by atomic mass is 10.4. The Morgan fingerprint density at radius 2 is 2.00 bits per heavy atom. The van der Waals surface area contributed by atoms with E-state index in [1.165, 1.54) is 14.1 Å². The molecule has 0 aliphatic heterocycles. The van der Waals surface area contributed by atoms with Gasteiger partial charge in [0.05, 0.1) is 0 Å². The first-order valence-electron chi connectivity index (χ1n) is 3.55. The van der Waals surface area contributed by atoms with E-state index in [9.17, 15) is 20.1 Å². The smallest absolute Gasteiger partial charge is 0.573 e. The van der Waals surface area contributed by atoms with E-state index in [0.29, 0.717) is 0 Å². The minimum atomic E-state index is -2.70. The summed E-state index contributed by atoms with van der Waals surface area (Å²) in [6.07, 6.45) is 0. The number of alkyl halides is 1. The van der Waals surface area contributed by atoms with Crippen molar-refractivity contribution in [3.05, 3.63) is 15.3 Å². The molecule has 0 spiro atoms. The van der Waals surface area contributed by atoms with Gasteiger partial charge in [-0.05, 0) is 0 Å². The lowest BCUT2D eigenvalue weighted by molar-refractivity contribution is -0.769. The molecule has 9 nitrogen and oxygen atoms in total. The molecular weight excluding hydrogens is 276 g/mol. The summed E-state index contributed by atoms with van der Waals surface area (Å²) >= 11 is 2.43. The van der Waals surface area contributed by atoms with Gasteiger partial charge in [-0.25, -0.2) is 0 Å². The topological polar surface area (TPSA) is 111 Å². The highest BCUT2D eigenvalue weighted by Crippen LogP contribution is 2.22. The molecule has 0 aromatic rings. The lowest BCUT2D eigenvalue weighted by Crippen LogP contribution is -2.53. The molecule has 0 aliphatic carbocycles. The molecule has 1 amide bonds. The third-order valence-corrected chi connectivity index (χ3v) is 2.26. The Balaban J connectivity index is 5.35. The zero-order chi connectivity index (χ0) is 12.2. The van der Waals surface area contributed by atoms with Gasteiger partial charge >= 0.3 is 10.5 Å². The maximum atomic E-state index is 11.4. The second kappa shape index (κ2) is 4.87. The van der Waals surface area contributed by atoms with Gasteiger partial charge in [0, 0.05) is 19.0 Å². The molecule has 0 aromatic carbocycles. The zero-order valence-corrected chi connectivity index (χ0v) is 9.79. The number of carbonyl (C=O) groups excluding carboxylic acids is 1. The first kappa shape index (κ1) is 13.5. The average Bonchev–Trinajstić information content (AvgIpc) is 2.15. The van der Waals surface area contributed by atoms with Gasteiger partial charge in [0.15, 0.2) is 0 Å². The molecule has 0 aromatic heterocycles. The second-order valence-corrected chi connectivity index (χ2v) is 3.69. The van der Waals surface area contributed by atoms with E-state index in [1.807, 2.05) is 0 Å². The Labute approximate surface area is 93.1 Å². The summed E-state index contributed by atoms with van der Waals surface area (Å²) in [6.45, 7) is 0. The highest BCUT2D eigenvalue weighted by molar-refractivity contribution is 9.10. The molecule has 1 atom stereocenters. The molecule has 10 heteroatoms. The summed E-state index contributed by atoms with van der Waals surface area (Å²) in [4.78, 5) is 25.4. The van der Waals surface area contributed by atoms with Crippen molar-refractivity contribution < 1.29 is 19.4 Å². The number of hydroxylamine groups is 1. The van der Waals surface area contributed by atoms with Crippen LogP contribution in [0.5, 0.6) is 0 Å². The van der Waals surface area contributed by atoms with Gasteiger partial charge in [-0.3, -0.25) is 14.9 Å². The van der Waals surface area contributed by atoms with Crippen molar-refractivity contribution in [3.63, 3.8) is 0 Å². The minimum Gasteiger partial charge on any atom is -0.591 e. The highest BCUT2D eigenvalue weighted by Gasteiger charge is 2.61. The van der Waals surface area contributed by atoms with Crippen molar-refractivity contribution in [2.45, 2.75) is 4.57 Å². The number of nitro groups is 1. The number of likely N-dealkylation sites (N-methyl/N-ethyl adjacent to an activating group) is 1. The van der Waals surface area contributed by atoms with Crippen molar-refractivity contribution in [2.75, 3.05) is 21.2 Å². The maximum absolute atomic E-state index is 11.4. The first-order chi connectivity index (χ1) is 6.78. The van der Waals surface area contributed by atoms with Crippen molar-refractivity contribution in [3.8, 4) is 0 Å². The fraction of sp³-hybridized carbons (Fsp3) is 0.800. The molecular formula is C5H9BrN4O5. The number of halogens is 1. The molecule has 0 aliphatic rings. The Kier molecular flexibility index (Phi) is 4.40. The predicted octanol–water partition coefficient (Wildman–Crippen LogP) is -0.0761. The molecule has 0 N–H and O–H groups in total. The Bertz CT molecular complexity index is 306. The number of rotatable bonds is 4. The van der Waals surface area contributed by atoms with Crippen LogP contribution in [0.4, 0.5) is 0 Å². The van der Waals surface area contributed by atoms with Crippen LogP contribution >= 0.6 is 15.9 Å². The molecule has 0 heterocycles. The van der Waals surface area contributed by atoms with Gasteiger partial charge in [0.2, 0.25) is 5.28 Å². The van der Waals surface area contributed by atoms with Crippen LogP contribution in [-0.2, 0) is 9.63 Å². The summed E-state index contributed by atoms with van der Waals surface area (Å²) in [6, 6.07) is 0. The molecule has 0 fully saturated rings. The summed E-state index contributed by atoms with van der Waals surface area (Å²) < 4.78 is -2.70. The Morgan fingerprint density at radius 3 is 2.27 bits per heavy atom. The predicted molar refractivity (Wildman–Crippen MR) is 50.4 cm³/mol. The fourth-order valence-electron chi connectivity index (χ4n) is 0.643. The number of nitrogens with zero attached hydrogens (tertiary/aromatic N) is 4. The van der Waals surface area contributed by atoms with Crippen LogP contribution in [0.15, 0.2) is 5.28 Å². The number of hydrogen-bond acceptors (Lipinski definition) is 6. The quantitative estimate of drug-likeness (QED) is 0.136. The summed E-state index contributed by atoms with van der Waals surface area (Å²) in [5.41, 5.74) is 0. The van der Waals surface area contributed by atoms with Gasteiger partial charge in [-0.1, -0.05) is 0 Å². The SMILES string of the molecule is CO/N=[N+](\[O-])C(Br)(C(=O)N(C)C)[N+](=O)[O-]. The monoisotopic (exact) mass is 284 g/mol. The average molecular weight is 285 g/mol. The lowest BCUT2D eigenvalue weighted by Gasteiger charge is -2.16.